The van der Waals surface area contributed by atoms with Gasteiger partial charge in [0.25, 0.3) is 0 Å². The van der Waals surface area contributed by atoms with Gasteiger partial charge < -0.3 is 25.9 Å². The molecule has 0 saturated carbocycles. The molecule has 2 atom stereocenters. The molecule has 0 aliphatic carbocycles. The summed E-state index contributed by atoms with van der Waals surface area (Å²) in [4.78, 5) is 26.2. The summed E-state index contributed by atoms with van der Waals surface area (Å²) in [6.07, 6.45) is 0.393. The molecular weight excluding hydrogens is 276 g/mol. The molecule has 1 fully saturated rings. The minimum atomic E-state index is -0.734. The highest BCUT2D eigenvalue weighted by molar-refractivity contribution is 6.03. The Bertz CT molecular complexity index is 411. The first-order chi connectivity index (χ1) is 9.92. The molecule has 1 aliphatic rings. The van der Waals surface area contributed by atoms with Gasteiger partial charge in [-0.05, 0) is 20.3 Å². The van der Waals surface area contributed by atoms with Gasteiger partial charge >= 0.3 is 0 Å². The summed E-state index contributed by atoms with van der Waals surface area (Å²) in [6, 6.07) is -0.711. The van der Waals surface area contributed by atoms with Crippen molar-refractivity contribution in [1.82, 2.24) is 10.2 Å². The Morgan fingerprint density at radius 3 is 2.71 bits per heavy atom. The van der Waals surface area contributed by atoms with Gasteiger partial charge in [-0.15, -0.1) is 0 Å². The second-order valence-electron chi connectivity index (χ2n) is 5.27. The SMILES string of the molecule is CCC(C(=O)N1CCOCC1C(=O)NC(C)C)C(N)=NO. The van der Waals surface area contributed by atoms with Gasteiger partial charge in [0, 0.05) is 12.6 Å². The first-order valence-corrected chi connectivity index (χ1v) is 7.08. The van der Waals surface area contributed by atoms with Gasteiger partial charge in [0.1, 0.15) is 6.04 Å². The standard InChI is InChI=1S/C13H24N4O4/c1-4-9(11(14)16-20)13(19)17-5-6-21-7-10(17)12(18)15-8(2)3/h8-10,20H,4-7H2,1-3H3,(H2,14,16)(H,15,18). The Balaban J connectivity index is 2.89. The lowest BCUT2D eigenvalue weighted by Gasteiger charge is -2.36. The maximum Gasteiger partial charge on any atom is 0.245 e. The molecule has 0 bridgehead atoms. The number of oxime groups is 1. The van der Waals surface area contributed by atoms with Crippen molar-refractivity contribution in [2.45, 2.75) is 39.3 Å². The molecule has 21 heavy (non-hydrogen) atoms. The van der Waals surface area contributed by atoms with E-state index >= 15 is 0 Å². The van der Waals surface area contributed by atoms with E-state index in [0.29, 0.717) is 19.6 Å². The Kier molecular flexibility index (Phi) is 6.41. The molecule has 4 N–H and O–H groups in total. The van der Waals surface area contributed by atoms with Crippen molar-refractivity contribution >= 4 is 17.6 Å². The highest BCUT2D eigenvalue weighted by atomic mass is 16.5. The summed E-state index contributed by atoms with van der Waals surface area (Å²) in [7, 11) is 0. The average molecular weight is 300 g/mol. The van der Waals surface area contributed by atoms with Crippen molar-refractivity contribution in [3.63, 3.8) is 0 Å². The summed E-state index contributed by atoms with van der Waals surface area (Å²) in [5.41, 5.74) is 5.56. The molecule has 8 heteroatoms. The number of hydrogen-bond donors (Lipinski definition) is 3. The molecule has 0 radical (unpaired) electrons. The number of nitrogens with two attached hydrogens (primary N) is 1. The summed E-state index contributed by atoms with van der Waals surface area (Å²) >= 11 is 0. The highest BCUT2D eigenvalue weighted by Crippen LogP contribution is 2.15. The Morgan fingerprint density at radius 2 is 2.19 bits per heavy atom. The third-order valence-corrected chi connectivity index (χ3v) is 3.32. The number of amidine groups is 1. The van der Waals surface area contributed by atoms with E-state index in [1.807, 2.05) is 13.8 Å². The topological polar surface area (TPSA) is 117 Å². The molecule has 0 aromatic heterocycles. The van der Waals surface area contributed by atoms with Crippen molar-refractivity contribution < 1.29 is 19.5 Å². The summed E-state index contributed by atoms with van der Waals surface area (Å²) in [5.74, 6) is -1.45. The molecule has 0 aromatic rings. The molecule has 120 valence electrons. The van der Waals surface area contributed by atoms with Gasteiger partial charge in [-0.2, -0.15) is 0 Å². The molecule has 8 nitrogen and oxygen atoms in total. The number of nitrogens with one attached hydrogen (secondary N) is 1. The fourth-order valence-electron chi connectivity index (χ4n) is 2.25. The molecular formula is C13H24N4O4. The highest BCUT2D eigenvalue weighted by Gasteiger charge is 2.37. The van der Waals surface area contributed by atoms with Crippen molar-refractivity contribution in [3.8, 4) is 0 Å². The van der Waals surface area contributed by atoms with E-state index in [1.54, 1.807) is 6.92 Å². The van der Waals surface area contributed by atoms with Crippen LogP contribution < -0.4 is 11.1 Å². The lowest BCUT2D eigenvalue weighted by molar-refractivity contribution is -0.150. The minimum Gasteiger partial charge on any atom is -0.409 e. The molecule has 2 amide bonds. The first kappa shape index (κ1) is 17.2. The van der Waals surface area contributed by atoms with Gasteiger partial charge in [-0.3, -0.25) is 9.59 Å². The number of rotatable bonds is 5. The van der Waals surface area contributed by atoms with Gasteiger partial charge in [0.05, 0.1) is 19.1 Å². The van der Waals surface area contributed by atoms with Crippen LogP contribution in [0.4, 0.5) is 0 Å². The second-order valence-corrected chi connectivity index (χ2v) is 5.27. The number of morpholine rings is 1. The third-order valence-electron chi connectivity index (χ3n) is 3.32. The lowest BCUT2D eigenvalue weighted by atomic mass is 10.0. The normalized spacial score (nSPS) is 21.2. The second kappa shape index (κ2) is 7.82. The molecule has 0 spiro atoms. The van der Waals surface area contributed by atoms with Crippen molar-refractivity contribution in [3.05, 3.63) is 0 Å². The van der Waals surface area contributed by atoms with Crippen LogP contribution in [-0.2, 0) is 14.3 Å². The third kappa shape index (κ3) is 4.32. The van der Waals surface area contributed by atoms with Crippen LogP contribution in [0.2, 0.25) is 0 Å². The number of ether oxygens (including phenoxy) is 1. The summed E-state index contributed by atoms with van der Waals surface area (Å²) in [5, 5.41) is 14.4. The fraction of sp³-hybridized carbons (Fsp3) is 0.769. The van der Waals surface area contributed by atoms with Gasteiger partial charge in [-0.25, -0.2) is 0 Å². The number of amides is 2. The Labute approximate surface area is 124 Å². The monoisotopic (exact) mass is 300 g/mol. The zero-order valence-corrected chi connectivity index (χ0v) is 12.7. The first-order valence-electron chi connectivity index (χ1n) is 7.08. The van der Waals surface area contributed by atoms with Crippen molar-refractivity contribution in [2.24, 2.45) is 16.8 Å². The fourth-order valence-corrected chi connectivity index (χ4v) is 2.25. The van der Waals surface area contributed by atoms with E-state index in [0.717, 1.165) is 0 Å². The van der Waals surface area contributed by atoms with E-state index in [4.69, 9.17) is 15.7 Å². The van der Waals surface area contributed by atoms with E-state index in [1.165, 1.54) is 4.90 Å². The van der Waals surface area contributed by atoms with E-state index in [-0.39, 0.29) is 30.3 Å². The zero-order valence-electron chi connectivity index (χ0n) is 12.7. The van der Waals surface area contributed by atoms with Crippen LogP contribution in [0.1, 0.15) is 27.2 Å². The lowest BCUT2D eigenvalue weighted by Crippen LogP contribution is -2.58. The van der Waals surface area contributed by atoms with E-state index in [2.05, 4.69) is 10.5 Å². The molecule has 1 heterocycles. The predicted octanol–water partition coefficient (Wildman–Crippen LogP) is -0.489. The van der Waals surface area contributed by atoms with Crippen LogP contribution >= 0.6 is 0 Å². The van der Waals surface area contributed by atoms with Gasteiger partial charge in [0.2, 0.25) is 11.8 Å². The van der Waals surface area contributed by atoms with Crippen molar-refractivity contribution in [1.29, 1.82) is 0 Å². The molecule has 1 saturated heterocycles. The summed E-state index contributed by atoms with van der Waals surface area (Å²) < 4.78 is 5.30. The maximum atomic E-state index is 12.5. The quantitative estimate of drug-likeness (QED) is 0.274. The summed E-state index contributed by atoms with van der Waals surface area (Å²) in [6.45, 7) is 6.28. The van der Waals surface area contributed by atoms with Crippen LogP contribution in [0.5, 0.6) is 0 Å². The molecule has 2 unspecified atom stereocenters. The number of carbonyl (C=O) groups excluding carboxylic acids is 2. The van der Waals surface area contributed by atoms with Crippen LogP contribution in [0.25, 0.3) is 0 Å². The van der Waals surface area contributed by atoms with Crippen LogP contribution in [0.15, 0.2) is 5.16 Å². The Hall–Kier alpha value is -1.83. The zero-order chi connectivity index (χ0) is 16.0. The van der Waals surface area contributed by atoms with E-state index < -0.39 is 12.0 Å². The Morgan fingerprint density at radius 1 is 1.52 bits per heavy atom. The largest absolute Gasteiger partial charge is 0.409 e. The van der Waals surface area contributed by atoms with Gasteiger partial charge in [0.15, 0.2) is 5.84 Å². The number of hydrogen-bond acceptors (Lipinski definition) is 5. The smallest absolute Gasteiger partial charge is 0.245 e. The van der Waals surface area contributed by atoms with E-state index in [9.17, 15) is 9.59 Å². The minimum absolute atomic E-state index is 0.0255. The van der Waals surface area contributed by atoms with Gasteiger partial charge in [-0.1, -0.05) is 12.1 Å². The number of nitrogens with zero attached hydrogens (tertiary/aromatic N) is 2. The molecule has 0 aromatic carbocycles. The molecule has 1 rings (SSSR count). The maximum absolute atomic E-state index is 12.5. The van der Waals surface area contributed by atoms with Crippen LogP contribution in [0, 0.1) is 5.92 Å². The van der Waals surface area contributed by atoms with Crippen molar-refractivity contribution in [2.75, 3.05) is 19.8 Å². The van der Waals surface area contributed by atoms with Crippen LogP contribution in [-0.4, -0.2) is 59.6 Å². The average Bonchev–Trinajstić information content (AvgIpc) is 2.46. The molecule has 1 aliphatic heterocycles. The predicted molar refractivity (Wildman–Crippen MR) is 76.8 cm³/mol. The number of carbonyl (C=O) groups is 2. The van der Waals surface area contributed by atoms with Crippen LogP contribution in [0.3, 0.4) is 0 Å².